The van der Waals surface area contributed by atoms with E-state index < -0.39 is 21.2 Å². The average molecular weight is 435 g/mol. The Labute approximate surface area is 172 Å². The standard InChI is InChI=1S/C19H22N4O4S2/c1-5-21-29(26,27)14-7-8-15(12(3)9-14)16-10-13-11-20-19(28(4)25)22-17(13)23(6-2)18(16)24/h7-11,21H,5-6H2,1-4H3. The fraction of sp³-hybridized carbons (Fsp3) is 0.316. The van der Waals surface area contributed by atoms with Gasteiger partial charge in [0.25, 0.3) is 5.56 Å². The number of sulfonamides is 1. The molecule has 0 amide bonds. The number of benzene rings is 1. The minimum atomic E-state index is -3.58. The fourth-order valence-electron chi connectivity index (χ4n) is 3.15. The molecule has 0 bridgehead atoms. The molecule has 0 saturated heterocycles. The van der Waals surface area contributed by atoms with Crippen LogP contribution < -0.4 is 10.3 Å². The van der Waals surface area contributed by atoms with Crippen molar-refractivity contribution < 1.29 is 13.0 Å². The second-order valence-corrected chi connectivity index (χ2v) is 9.51. The third-order valence-electron chi connectivity index (χ3n) is 4.51. The molecule has 0 fully saturated rings. The zero-order chi connectivity index (χ0) is 21.3. The quantitative estimate of drug-likeness (QED) is 0.467. The molecule has 0 radical (unpaired) electrons. The third-order valence-corrected chi connectivity index (χ3v) is 6.77. The van der Waals surface area contributed by atoms with E-state index in [0.717, 1.165) is 0 Å². The average Bonchev–Trinajstić information content (AvgIpc) is 2.67. The largest absolute Gasteiger partial charge is 0.609 e. The van der Waals surface area contributed by atoms with Crippen LogP contribution in [0.15, 0.2) is 45.3 Å². The summed E-state index contributed by atoms with van der Waals surface area (Å²) in [5, 5.41) is 0.806. The van der Waals surface area contributed by atoms with Gasteiger partial charge in [-0.15, -0.1) is 0 Å². The highest BCUT2D eigenvalue weighted by Gasteiger charge is 2.19. The van der Waals surface area contributed by atoms with E-state index in [9.17, 15) is 17.8 Å². The summed E-state index contributed by atoms with van der Waals surface area (Å²) in [5.41, 5.74) is 1.90. The van der Waals surface area contributed by atoms with Crippen LogP contribution in [0.5, 0.6) is 0 Å². The number of pyridine rings is 1. The molecule has 0 aliphatic heterocycles. The van der Waals surface area contributed by atoms with Crippen molar-refractivity contribution >= 4 is 32.2 Å². The molecular weight excluding hydrogens is 412 g/mol. The Morgan fingerprint density at radius 1 is 1.21 bits per heavy atom. The predicted octanol–water partition coefficient (Wildman–Crippen LogP) is 1.82. The lowest BCUT2D eigenvalue weighted by Crippen LogP contribution is -2.24. The summed E-state index contributed by atoms with van der Waals surface area (Å²) in [7, 11) is -3.58. The molecule has 0 spiro atoms. The predicted molar refractivity (Wildman–Crippen MR) is 113 cm³/mol. The Balaban J connectivity index is 2.21. The van der Waals surface area contributed by atoms with Crippen molar-refractivity contribution in [1.82, 2.24) is 19.3 Å². The highest BCUT2D eigenvalue weighted by atomic mass is 32.2. The molecule has 2 aromatic heterocycles. The summed E-state index contributed by atoms with van der Waals surface area (Å²) in [6.45, 7) is 5.97. The maximum absolute atomic E-state index is 13.1. The van der Waals surface area contributed by atoms with Crippen LogP contribution in [0, 0.1) is 6.92 Å². The molecule has 1 unspecified atom stereocenters. The van der Waals surface area contributed by atoms with Crippen molar-refractivity contribution in [3.8, 4) is 11.1 Å². The van der Waals surface area contributed by atoms with Crippen molar-refractivity contribution in [3.63, 3.8) is 0 Å². The van der Waals surface area contributed by atoms with E-state index in [-0.39, 0.29) is 15.6 Å². The van der Waals surface area contributed by atoms with Crippen LogP contribution in [-0.4, -0.2) is 40.3 Å². The summed E-state index contributed by atoms with van der Waals surface area (Å²) >= 11 is -1.36. The first-order valence-corrected chi connectivity index (χ1v) is 12.1. The van der Waals surface area contributed by atoms with Crippen LogP contribution in [0.4, 0.5) is 0 Å². The van der Waals surface area contributed by atoms with Gasteiger partial charge in [0.2, 0.25) is 10.0 Å². The summed E-state index contributed by atoms with van der Waals surface area (Å²) < 4.78 is 40.2. The van der Waals surface area contributed by atoms with E-state index in [1.54, 1.807) is 38.2 Å². The molecule has 3 rings (SSSR count). The number of nitrogens with one attached hydrogen (secondary N) is 1. The van der Waals surface area contributed by atoms with Gasteiger partial charge < -0.3 is 4.55 Å². The van der Waals surface area contributed by atoms with Gasteiger partial charge in [-0.1, -0.05) is 13.0 Å². The van der Waals surface area contributed by atoms with Crippen LogP contribution in [0.3, 0.4) is 0 Å². The number of hydrogen-bond acceptors (Lipinski definition) is 6. The molecule has 1 N–H and O–H groups in total. The van der Waals surface area contributed by atoms with Crippen molar-refractivity contribution in [2.24, 2.45) is 0 Å². The lowest BCUT2D eigenvalue weighted by molar-refractivity contribution is 0.583. The molecule has 29 heavy (non-hydrogen) atoms. The van der Waals surface area contributed by atoms with Gasteiger partial charge in [0, 0.05) is 41.4 Å². The van der Waals surface area contributed by atoms with Gasteiger partial charge in [-0.3, -0.25) is 9.36 Å². The van der Waals surface area contributed by atoms with E-state index in [4.69, 9.17) is 0 Å². The number of aromatic nitrogens is 3. The molecule has 0 aliphatic carbocycles. The lowest BCUT2D eigenvalue weighted by atomic mass is 10.0. The first kappa shape index (κ1) is 21.4. The topological polar surface area (TPSA) is 117 Å². The van der Waals surface area contributed by atoms with Crippen LogP contribution in [0.1, 0.15) is 19.4 Å². The van der Waals surface area contributed by atoms with E-state index in [1.165, 1.54) is 16.9 Å². The molecule has 8 nitrogen and oxygen atoms in total. The molecule has 1 aromatic carbocycles. The second kappa shape index (κ2) is 8.23. The minimum absolute atomic E-state index is 0.149. The van der Waals surface area contributed by atoms with Gasteiger partial charge in [0.05, 0.1) is 4.90 Å². The zero-order valence-corrected chi connectivity index (χ0v) is 18.2. The van der Waals surface area contributed by atoms with Gasteiger partial charge >= 0.3 is 5.16 Å². The monoisotopic (exact) mass is 434 g/mol. The Morgan fingerprint density at radius 2 is 1.93 bits per heavy atom. The van der Waals surface area contributed by atoms with E-state index in [1.807, 2.05) is 6.92 Å². The van der Waals surface area contributed by atoms with Crippen molar-refractivity contribution in [2.75, 3.05) is 12.8 Å². The van der Waals surface area contributed by atoms with Crippen LogP contribution >= 0.6 is 0 Å². The smallest absolute Gasteiger partial charge is 0.344 e. The van der Waals surface area contributed by atoms with Crippen molar-refractivity contribution in [1.29, 1.82) is 0 Å². The zero-order valence-electron chi connectivity index (χ0n) is 16.6. The third kappa shape index (κ3) is 4.06. The number of fused-ring (bicyclic) bond motifs is 1. The van der Waals surface area contributed by atoms with Gasteiger partial charge in [-0.25, -0.2) is 13.1 Å². The van der Waals surface area contributed by atoms with Gasteiger partial charge in [0.1, 0.15) is 6.26 Å². The summed E-state index contributed by atoms with van der Waals surface area (Å²) in [4.78, 5) is 21.7. The summed E-state index contributed by atoms with van der Waals surface area (Å²) in [5.74, 6) is 0. The molecule has 1 atom stereocenters. The molecule has 2 heterocycles. The van der Waals surface area contributed by atoms with Gasteiger partial charge in [0.15, 0.2) is 5.65 Å². The molecule has 10 heteroatoms. The first-order chi connectivity index (χ1) is 13.7. The highest BCUT2D eigenvalue weighted by Crippen LogP contribution is 2.26. The van der Waals surface area contributed by atoms with Crippen LogP contribution in [-0.2, 0) is 27.7 Å². The Morgan fingerprint density at radius 3 is 2.52 bits per heavy atom. The summed E-state index contributed by atoms with van der Waals surface area (Å²) in [6, 6.07) is 6.36. The second-order valence-electron chi connectivity index (χ2n) is 6.47. The SMILES string of the molecule is CCNS(=O)(=O)c1ccc(-c2cc3cnc([S+](C)[O-])nc3n(CC)c2=O)c(C)c1. The highest BCUT2D eigenvalue weighted by molar-refractivity contribution is 7.90. The maximum atomic E-state index is 13.1. The molecule has 0 aliphatic rings. The van der Waals surface area contributed by atoms with Crippen molar-refractivity contribution in [2.45, 2.75) is 37.4 Å². The Bertz CT molecular complexity index is 1240. The van der Waals surface area contributed by atoms with Crippen LogP contribution in [0.25, 0.3) is 22.2 Å². The van der Waals surface area contributed by atoms with Gasteiger partial charge in [-0.2, -0.15) is 9.97 Å². The lowest BCUT2D eigenvalue weighted by Gasteiger charge is -2.13. The van der Waals surface area contributed by atoms with E-state index >= 15 is 0 Å². The molecule has 0 saturated carbocycles. The number of rotatable bonds is 6. The van der Waals surface area contributed by atoms with Gasteiger partial charge in [-0.05, 0) is 43.2 Å². The first-order valence-electron chi connectivity index (χ1n) is 9.04. The summed E-state index contributed by atoms with van der Waals surface area (Å²) in [6.07, 6.45) is 3.03. The fourth-order valence-corrected chi connectivity index (χ4v) is 4.69. The van der Waals surface area contributed by atoms with Crippen LogP contribution in [0.2, 0.25) is 0 Å². The molecular formula is C19H22N4O4S2. The Kier molecular flexibility index (Phi) is 6.08. The van der Waals surface area contributed by atoms with E-state index in [0.29, 0.717) is 40.8 Å². The Hall–Kier alpha value is -2.27. The maximum Gasteiger partial charge on any atom is 0.344 e. The number of nitrogens with zero attached hydrogens (tertiary/aromatic N) is 3. The molecule has 3 aromatic rings. The minimum Gasteiger partial charge on any atom is -0.609 e. The van der Waals surface area contributed by atoms with E-state index in [2.05, 4.69) is 14.7 Å². The molecule has 154 valence electrons. The van der Waals surface area contributed by atoms with Crippen molar-refractivity contribution in [3.05, 3.63) is 46.4 Å². The number of hydrogen-bond donors (Lipinski definition) is 1. The number of aryl methyl sites for hydroxylation is 2. The normalized spacial score (nSPS) is 13.0.